The molecule has 0 aliphatic heterocycles. The maximum Gasteiger partial charge on any atom is 0.417 e. The first-order valence-electron chi connectivity index (χ1n) is 7.13. The van der Waals surface area contributed by atoms with Gasteiger partial charge in [-0.05, 0) is 30.7 Å². The van der Waals surface area contributed by atoms with E-state index in [2.05, 4.69) is 4.72 Å². The number of halogens is 4. The molecule has 10 heteroatoms. The minimum atomic E-state index is -4.85. The Morgan fingerprint density at radius 2 is 1.88 bits per heavy atom. The van der Waals surface area contributed by atoms with Crippen LogP contribution in [0.1, 0.15) is 12.0 Å². The van der Waals surface area contributed by atoms with Gasteiger partial charge in [0.15, 0.2) is 0 Å². The summed E-state index contributed by atoms with van der Waals surface area (Å²) in [6.45, 7) is 0.110. The Bertz CT molecular complexity index is 911. The molecular weight excluding hydrogens is 381 g/mol. The molecule has 0 atom stereocenters. The van der Waals surface area contributed by atoms with Gasteiger partial charge in [0, 0.05) is 30.4 Å². The molecule has 25 heavy (non-hydrogen) atoms. The molecule has 0 saturated carbocycles. The lowest BCUT2D eigenvalue weighted by Crippen LogP contribution is -2.28. The maximum atomic E-state index is 13.0. The summed E-state index contributed by atoms with van der Waals surface area (Å²) in [6, 6.07) is 7.03. The zero-order valence-corrected chi connectivity index (χ0v) is 14.3. The summed E-state index contributed by atoms with van der Waals surface area (Å²) in [5.74, 6) is 0. The molecule has 5 nitrogen and oxygen atoms in total. The molecule has 0 fully saturated rings. The van der Waals surface area contributed by atoms with Gasteiger partial charge in [-0.15, -0.1) is 0 Å². The summed E-state index contributed by atoms with van der Waals surface area (Å²) in [5, 5.41) is -0.213. The Labute approximate surface area is 147 Å². The Kier molecular flexibility index (Phi) is 5.91. The highest BCUT2D eigenvalue weighted by Gasteiger charge is 2.37. The molecular formula is C15H14ClF3N2O3S. The summed E-state index contributed by atoms with van der Waals surface area (Å²) >= 11 is 5.53. The fourth-order valence-electron chi connectivity index (χ4n) is 2.14. The zero-order chi connectivity index (χ0) is 18.7. The van der Waals surface area contributed by atoms with E-state index in [-0.39, 0.29) is 30.1 Å². The van der Waals surface area contributed by atoms with E-state index in [1.165, 1.54) is 16.8 Å². The van der Waals surface area contributed by atoms with Crippen LogP contribution in [0, 0.1) is 0 Å². The highest BCUT2D eigenvalue weighted by molar-refractivity contribution is 7.89. The second-order valence-electron chi connectivity index (χ2n) is 5.12. The van der Waals surface area contributed by atoms with E-state index in [1.807, 2.05) is 0 Å². The number of aryl methyl sites for hydroxylation is 1. The van der Waals surface area contributed by atoms with E-state index >= 15 is 0 Å². The number of pyridine rings is 1. The van der Waals surface area contributed by atoms with Crippen LogP contribution >= 0.6 is 11.6 Å². The summed E-state index contributed by atoms with van der Waals surface area (Å²) < 4.78 is 66.9. The number of rotatable bonds is 6. The van der Waals surface area contributed by atoms with Crippen LogP contribution in [0.4, 0.5) is 13.2 Å². The van der Waals surface area contributed by atoms with Gasteiger partial charge < -0.3 is 4.57 Å². The van der Waals surface area contributed by atoms with Crippen LogP contribution in [0.3, 0.4) is 0 Å². The molecule has 0 aliphatic rings. The highest BCUT2D eigenvalue weighted by Crippen LogP contribution is 2.35. The van der Waals surface area contributed by atoms with Gasteiger partial charge in [0.05, 0.1) is 10.5 Å². The summed E-state index contributed by atoms with van der Waals surface area (Å²) in [7, 11) is -4.37. The number of sulfonamides is 1. The van der Waals surface area contributed by atoms with Crippen molar-refractivity contribution in [2.45, 2.75) is 24.0 Å². The Balaban J connectivity index is 2.10. The van der Waals surface area contributed by atoms with Crippen molar-refractivity contribution < 1.29 is 21.6 Å². The smallest absolute Gasteiger partial charge is 0.315 e. The van der Waals surface area contributed by atoms with Gasteiger partial charge in [-0.25, -0.2) is 13.1 Å². The lowest BCUT2D eigenvalue weighted by Gasteiger charge is -2.14. The summed E-state index contributed by atoms with van der Waals surface area (Å²) in [4.78, 5) is 10.6. The first-order chi connectivity index (χ1) is 11.6. The van der Waals surface area contributed by atoms with Crippen molar-refractivity contribution in [1.82, 2.24) is 9.29 Å². The number of benzene rings is 1. The minimum absolute atomic E-state index is 0.121. The molecule has 1 aromatic carbocycles. The maximum absolute atomic E-state index is 13.0. The lowest BCUT2D eigenvalue weighted by molar-refractivity contribution is -0.139. The largest absolute Gasteiger partial charge is 0.417 e. The molecule has 0 saturated heterocycles. The van der Waals surface area contributed by atoms with Gasteiger partial charge in [0.2, 0.25) is 15.6 Å². The molecule has 0 unspecified atom stereocenters. The second-order valence-corrected chi connectivity index (χ2v) is 7.29. The van der Waals surface area contributed by atoms with E-state index in [1.54, 1.807) is 12.1 Å². The molecule has 1 aromatic heterocycles. The molecule has 2 aromatic rings. The van der Waals surface area contributed by atoms with Gasteiger partial charge in [-0.1, -0.05) is 17.7 Å². The topological polar surface area (TPSA) is 68.2 Å². The number of hydrogen-bond donors (Lipinski definition) is 1. The van der Waals surface area contributed by atoms with Gasteiger partial charge in [0.1, 0.15) is 0 Å². The van der Waals surface area contributed by atoms with E-state index in [4.69, 9.17) is 11.6 Å². The fourth-order valence-corrected chi connectivity index (χ4v) is 3.59. The van der Waals surface area contributed by atoms with Crippen LogP contribution in [-0.4, -0.2) is 19.5 Å². The predicted molar refractivity (Wildman–Crippen MR) is 87.0 cm³/mol. The van der Waals surface area contributed by atoms with E-state index < -0.39 is 26.7 Å². The molecule has 1 heterocycles. The number of nitrogens with one attached hydrogen (secondary N) is 1. The average molecular weight is 395 g/mol. The highest BCUT2D eigenvalue weighted by atomic mass is 35.5. The van der Waals surface area contributed by atoms with Crippen LogP contribution < -0.4 is 10.3 Å². The monoisotopic (exact) mass is 394 g/mol. The summed E-state index contributed by atoms with van der Waals surface area (Å²) in [5.41, 5.74) is -1.57. The van der Waals surface area contributed by atoms with Crippen molar-refractivity contribution >= 4 is 21.6 Å². The SMILES string of the molecule is O=c1ccccn1CCCNS(=O)(=O)c1ccc(Cl)cc1C(F)(F)F. The second kappa shape index (κ2) is 7.59. The Morgan fingerprint density at radius 1 is 1.16 bits per heavy atom. The summed E-state index contributed by atoms with van der Waals surface area (Å²) in [6.07, 6.45) is -3.08. The zero-order valence-electron chi connectivity index (χ0n) is 12.8. The molecule has 0 aliphatic carbocycles. The predicted octanol–water partition coefficient (Wildman–Crippen LogP) is 2.89. The quantitative estimate of drug-likeness (QED) is 0.766. The molecule has 0 bridgehead atoms. The van der Waals surface area contributed by atoms with Crippen molar-refractivity contribution in [2.24, 2.45) is 0 Å². The van der Waals surface area contributed by atoms with Crippen LogP contribution in [0.2, 0.25) is 5.02 Å². The third kappa shape index (κ3) is 5.07. The van der Waals surface area contributed by atoms with Crippen LogP contribution in [-0.2, 0) is 22.7 Å². The average Bonchev–Trinajstić information content (AvgIpc) is 2.52. The number of hydrogen-bond acceptors (Lipinski definition) is 3. The van der Waals surface area contributed by atoms with Crippen molar-refractivity contribution in [3.05, 3.63) is 63.5 Å². The van der Waals surface area contributed by atoms with Crippen molar-refractivity contribution in [1.29, 1.82) is 0 Å². The third-order valence-corrected chi connectivity index (χ3v) is 5.06. The number of alkyl halides is 3. The van der Waals surface area contributed by atoms with E-state index in [0.717, 1.165) is 12.1 Å². The van der Waals surface area contributed by atoms with Crippen LogP contribution in [0.5, 0.6) is 0 Å². The van der Waals surface area contributed by atoms with Gasteiger partial charge >= 0.3 is 6.18 Å². The van der Waals surface area contributed by atoms with Gasteiger partial charge in [-0.2, -0.15) is 13.2 Å². The molecule has 0 radical (unpaired) electrons. The molecule has 136 valence electrons. The molecule has 0 spiro atoms. The normalized spacial score (nSPS) is 12.3. The standard InChI is InChI=1S/C15H14ClF3N2O3S/c16-11-5-6-13(12(10-11)15(17,18)19)25(23,24)20-7-3-9-21-8-2-1-4-14(21)22/h1-2,4-6,8,10,20H,3,7,9H2. The van der Waals surface area contributed by atoms with Crippen LogP contribution in [0.25, 0.3) is 0 Å². The number of aromatic nitrogens is 1. The molecule has 0 amide bonds. The van der Waals surface area contributed by atoms with Crippen molar-refractivity contribution in [3.8, 4) is 0 Å². The number of nitrogens with zero attached hydrogens (tertiary/aromatic N) is 1. The third-order valence-electron chi connectivity index (χ3n) is 3.30. The van der Waals surface area contributed by atoms with E-state index in [0.29, 0.717) is 6.07 Å². The van der Waals surface area contributed by atoms with E-state index in [9.17, 15) is 26.4 Å². The first-order valence-corrected chi connectivity index (χ1v) is 8.99. The first kappa shape index (κ1) is 19.5. The van der Waals surface area contributed by atoms with Crippen LogP contribution in [0.15, 0.2) is 52.3 Å². The molecule has 1 N–H and O–H groups in total. The van der Waals surface area contributed by atoms with Crippen molar-refractivity contribution in [2.75, 3.05) is 6.54 Å². The van der Waals surface area contributed by atoms with Gasteiger partial charge in [0.25, 0.3) is 0 Å². The lowest BCUT2D eigenvalue weighted by atomic mass is 10.2. The Morgan fingerprint density at radius 3 is 2.52 bits per heavy atom. The van der Waals surface area contributed by atoms with Crippen molar-refractivity contribution in [3.63, 3.8) is 0 Å². The fraction of sp³-hybridized carbons (Fsp3) is 0.267. The minimum Gasteiger partial charge on any atom is -0.315 e. The Hall–Kier alpha value is -1.84. The van der Waals surface area contributed by atoms with Gasteiger partial charge in [-0.3, -0.25) is 4.79 Å². The molecule has 2 rings (SSSR count).